The van der Waals surface area contributed by atoms with Crippen molar-refractivity contribution in [2.45, 2.75) is 37.3 Å². The molecule has 1 aromatic carbocycles. The number of piperidine rings is 1. The number of urea groups is 1. The van der Waals surface area contributed by atoms with E-state index in [1.807, 2.05) is 6.07 Å². The number of pyridine rings is 1. The van der Waals surface area contributed by atoms with Gasteiger partial charge in [0.25, 0.3) is 11.8 Å². The average Bonchev–Trinajstić information content (AvgIpc) is 3.52. The first-order chi connectivity index (χ1) is 17.5. The number of imide groups is 1. The molecule has 3 aliphatic rings. The molecule has 0 aliphatic carbocycles. The standard InChI is InChI=1S/C27H29FN4O4/c28-22(17-19-7-2-1-3-8-19)24(33)31-14-11-20(12-15-31)27(23-10-4-5-13-29-23)25(34)32(26(35)30-27)18-21-9-6-16-36-21/h1-5,7-8,10,13,17,20-21H,6,9,11-12,14-16,18H2,(H,30,35)/b22-17-. The van der Waals surface area contributed by atoms with Crippen LogP contribution in [0.25, 0.3) is 6.08 Å². The van der Waals surface area contributed by atoms with Crippen molar-refractivity contribution in [2.75, 3.05) is 26.2 Å². The number of carbonyl (C=O) groups is 3. The van der Waals surface area contributed by atoms with Gasteiger partial charge in [-0.2, -0.15) is 0 Å². The van der Waals surface area contributed by atoms with Crippen molar-refractivity contribution in [1.29, 1.82) is 0 Å². The third-order valence-electron chi connectivity index (χ3n) is 7.30. The molecule has 3 aliphatic heterocycles. The van der Waals surface area contributed by atoms with Crippen LogP contribution in [-0.4, -0.2) is 65.0 Å². The summed E-state index contributed by atoms with van der Waals surface area (Å²) < 4.78 is 20.4. The molecule has 3 fully saturated rings. The molecule has 0 saturated carbocycles. The monoisotopic (exact) mass is 492 g/mol. The lowest BCUT2D eigenvalue weighted by Gasteiger charge is -2.40. The number of halogens is 1. The summed E-state index contributed by atoms with van der Waals surface area (Å²) in [6.45, 7) is 1.36. The van der Waals surface area contributed by atoms with Crippen LogP contribution < -0.4 is 5.32 Å². The van der Waals surface area contributed by atoms with E-state index in [4.69, 9.17) is 4.74 Å². The predicted octanol–water partition coefficient (Wildman–Crippen LogP) is 3.26. The molecule has 1 N–H and O–H groups in total. The second kappa shape index (κ2) is 10.2. The van der Waals surface area contributed by atoms with E-state index in [2.05, 4.69) is 10.3 Å². The first kappa shape index (κ1) is 24.1. The Hall–Kier alpha value is -3.59. The highest BCUT2D eigenvalue weighted by atomic mass is 19.1. The molecule has 3 saturated heterocycles. The summed E-state index contributed by atoms with van der Waals surface area (Å²) in [4.78, 5) is 46.8. The molecule has 4 amide bonds. The third-order valence-corrected chi connectivity index (χ3v) is 7.30. The van der Waals surface area contributed by atoms with Gasteiger partial charge in [-0.1, -0.05) is 36.4 Å². The molecule has 2 atom stereocenters. The van der Waals surface area contributed by atoms with Crippen LogP contribution >= 0.6 is 0 Å². The molecule has 2 unspecified atom stereocenters. The van der Waals surface area contributed by atoms with Crippen molar-refractivity contribution < 1.29 is 23.5 Å². The maximum atomic E-state index is 14.7. The van der Waals surface area contributed by atoms with E-state index in [0.717, 1.165) is 12.8 Å². The third kappa shape index (κ3) is 4.51. The van der Waals surface area contributed by atoms with Gasteiger partial charge in [0.1, 0.15) is 0 Å². The molecule has 5 rings (SSSR count). The largest absolute Gasteiger partial charge is 0.376 e. The smallest absolute Gasteiger partial charge is 0.325 e. The Bertz CT molecular complexity index is 1140. The maximum absolute atomic E-state index is 14.7. The van der Waals surface area contributed by atoms with E-state index >= 15 is 0 Å². The Morgan fingerprint density at radius 1 is 1.11 bits per heavy atom. The van der Waals surface area contributed by atoms with E-state index in [0.29, 0.717) is 30.7 Å². The highest BCUT2D eigenvalue weighted by Gasteiger charge is 2.58. The van der Waals surface area contributed by atoms with Crippen molar-refractivity contribution in [3.63, 3.8) is 0 Å². The molecular formula is C27H29FN4O4. The van der Waals surface area contributed by atoms with Crippen LogP contribution in [0.4, 0.5) is 9.18 Å². The fourth-order valence-electron chi connectivity index (χ4n) is 5.43. The van der Waals surface area contributed by atoms with Gasteiger partial charge in [-0.15, -0.1) is 0 Å². The minimum Gasteiger partial charge on any atom is -0.376 e. The van der Waals surface area contributed by atoms with Gasteiger partial charge in [0.15, 0.2) is 11.4 Å². The number of hydrogen-bond donors (Lipinski definition) is 1. The molecular weight excluding hydrogens is 463 g/mol. The van der Waals surface area contributed by atoms with Crippen LogP contribution in [0.2, 0.25) is 0 Å². The molecule has 8 nitrogen and oxygen atoms in total. The zero-order valence-electron chi connectivity index (χ0n) is 19.9. The van der Waals surface area contributed by atoms with Crippen molar-refractivity contribution >= 4 is 23.9 Å². The first-order valence-corrected chi connectivity index (χ1v) is 12.4. The second-order valence-corrected chi connectivity index (χ2v) is 9.47. The van der Waals surface area contributed by atoms with E-state index in [1.54, 1.807) is 48.7 Å². The van der Waals surface area contributed by atoms with E-state index in [-0.39, 0.29) is 37.6 Å². The van der Waals surface area contributed by atoms with Crippen molar-refractivity contribution in [1.82, 2.24) is 20.1 Å². The highest BCUT2D eigenvalue weighted by molar-refractivity contribution is 6.07. The molecule has 0 spiro atoms. The van der Waals surface area contributed by atoms with Gasteiger partial charge in [0.05, 0.1) is 18.3 Å². The number of aromatic nitrogens is 1. The van der Waals surface area contributed by atoms with Crippen LogP contribution in [0.3, 0.4) is 0 Å². The van der Waals surface area contributed by atoms with Gasteiger partial charge in [-0.3, -0.25) is 19.5 Å². The van der Waals surface area contributed by atoms with Gasteiger partial charge in [-0.05, 0) is 49.5 Å². The summed E-state index contributed by atoms with van der Waals surface area (Å²) in [5.74, 6) is -2.15. The molecule has 0 radical (unpaired) electrons. The molecule has 188 valence electrons. The summed E-state index contributed by atoms with van der Waals surface area (Å²) in [6, 6.07) is 13.7. The zero-order valence-corrected chi connectivity index (χ0v) is 19.9. The summed E-state index contributed by atoms with van der Waals surface area (Å²) in [7, 11) is 0. The number of benzene rings is 1. The number of nitrogens with one attached hydrogen (secondary N) is 1. The maximum Gasteiger partial charge on any atom is 0.325 e. The van der Waals surface area contributed by atoms with Gasteiger partial charge < -0.3 is 15.0 Å². The Morgan fingerprint density at radius 3 is 2.53 bits per heavy atom. The van der Waals surface area contributed by atoms with Crippen LogP contribution in [0.15, 0.2) is 60.6 Å². The SMILES string of the molecule is O=C(/C(F)=C/c1ccccc1)N1CCC(C2(c3ccccn3)NC(=O)N(CC3CCCO3)C2=O)CC1. The number of nitrogens with zero attached hydrogens (tertiary/aromatic N) is 3. The number of hydrogen-bond acceptors (Lipinski definition) is 5. The fourth-order valence-corrected chi connectivity index (χ4v) is 5.43. The zero-order chi connectivity index (χ0) is 25.1. The lowest BCUT2D eigenvalue weighted by molar-refractivity contribution is -0.136. The summed E-state index contributed by atoms with van der Waals surface area (Å²) in [5.41, 5.74) is -0.249. The summed E-state index contributed by atoms with van der Waals surface area (Å²) in [5, 5.41) is 2.96. The number of carbonyl (C=O) groups excluding carboxylic acids is 3. The summed E-state index contributed by atoms with van der Waals surface area (Å²) >= 11 is 0. The number of likely N-dealkylation sites (tertiary alicyclic amines) is 1. The van der Waals surface area contributed by atoms with Crippen LogP contribution in [0.1, 0.15) is 36.9 Å². The minimum absolute atomic E-state index is 0.168. The first-order valence-electron chi connectivity index (χ1n) is 12.4. The average molecular weight is 493 g/mol. The van der Waals surface area contributed by atoms with Crippen LogP contribution in [-0.2, 0) is 19.9 Å². The quantitative estimate of drug-likeness (QED) is 0.494. The topological polar surface area (TPSA) is 91.8 Å². The van der Waals surface area contributed by atoms with Crippen molar-refractivity contribution in [2.24, 2.45) is 5.92 Å². The molecule has 36 heavy (non-hydrogen) atoms. The van der Waals surface area contributed by atoms with Crippen LogP contribution in [0.5, 0.6) is 0 Å². The fraction of sp³-hybridized carbons (Fsp3) is 0.407. The lowest BCUT2D eigenvalue weighted by Crippen LogP contribution is -2.54. The number of amides is 4. The second-order valence-electron chi connectivity index (χ2n) is 9.47. The normalized spacial score (nSPS) is 25.4. The predicted molar refractivity (Wildman–Crippen MR) is 130 cm³/mol. The van der Waals surface area contributed by atoms with E-state index < -0.39 is 23.3 Å². The van der Waals surface area contributed by atoms with E-state index in [1.165, 1.54) is 15.9 Å². The van der Waals surface area contributed by atoms with Gasteiger partial charge in [0.2, 0.25) is 0 Å². The Labute approximate surface area is 209 Å². The molecule has 2 aromatic rings. The van der Waals surface area contributed by atoms with Gasteiger partial charge in [0, 0.05) is 31.8 Å². The molecule has 4 heterocycles. The number of rotatable bonds is 6. The van der Waals surface area contributed by atoms with Gasteiger partial charge in [-0.25, -0.2) is 9.18 Å². The minimum atomic E-state index is -1.33. The van der Waals surface area contributed by atoms with Crippen molar-refractivity contribution in [3.8, 4) is 0 Å². The van der Waals surface area contributed by atoms with E-state index in [9.17, 15) is 18.8 Å². The molecule has 9 heteroatoms. The lowest BCUT2D eigenvalue weighted by atomic mass is 9.75. The molecule has 1 aromatic heterocycles. The highest BCUT2D eigenvalue weighted by Crippen LogP contribution is 2.41. The Kier molecular flexibility index (Phi) is 6.82. The number of ether oxygens (including phenoxy) is 1. The Balaban J connectivity index is 1.34. The Morgan fingerprint density at radius 2 is 1.86 bits per heavy atom. The van der Waals surface area contributed by atoms with Gasteiger partial charge >= 0.3 is 6.03 Å². The molecule has 0 bridgehead atoms. The summed E-state index contributed by atoms with van der Waals surface area (Å²) in [6.07, 6.45) is 5.20. The van der Waals surface area contributed by atoms with Crippen LogP contribution in [0, 0.1) is 5.92 Å². The van der Waals surface area contributed by atoms with Crippen molar-refractivity contribution in [3.05, 3.63) is 71.8 Å².